The largest absolute Gasteiger partial charge is 0.322 e. The fourth-order valence-corrected chi connectivity index (χ4v) is 1.62. The molecule has 1 amide bonds. The first-order chi connectivity index (χ1) is 8.15. The molecule has 0 aliphatic carbocycles. The van der Waals surface area contributed by atoms with E-state index in [0.29, 0.717) is 22.3 Å². The Morgan fingerprint density at radius 2 is 2.00 bits per heavy atom. The van der Waals surface area contributed by atoms with E-state index >= 15 is 0 Å². The molecule has 0 fully saturated rings. The third-order valence-electron chi connectivity index (χ3n) is 1.90. The third-order valence-corrected chi connectivity index (χ3v) is 2.53. The van der Waals surface area contributed by atoms with Crippen LogP contribution in [0, 0.1) is 11.8 Å². The van der Waals surface area contributed by atoms with Gasteiger partial charge in [-0.2, -0.15) is 0 Å². The number of halogens is 2. The molecular weight excluding hydrogens is 259 g/mol. The summed E-state index contributed by atoms with van der Waals surface area (Å²) >= 11 is 11.8. The standard InChI is InChI=1S/C12H12Cl2N2O/c1-2-3-7-15-8-11(17)16-12-9(13)5-4-6-10(12)14/h4-6,15H,7-8H2,1H3,(H,16,17). The summed E-state index contributed by atoms with van der Waals surface area (Å²) in [5.41, 5.74) is 0.434. The molecule has 2 N–H and O–H groups in total. The molecule has 0 atom stereocenters. The van der Waals surface area contributed by atoms with E-state index in [4.69, 9.17) is 23.2 Å². The summed E-state index contributed by atoms with van der Waals surface area (Å²) < 4.78 is 0. The molecule has 0 unspecified atom stereocenters. The minimum Gasteiger partial charge on any atom is -0.322 e. The Bertz CT molecular complexity index is 443. The normalized spacial score (nSPS) is 9.35. The van der Waals surface area contributed by atoms with Crippen molar-refractivity contribution in [2.24, 2.45) is 0 Å². The lowest BCUT2D eigenvalue weighted by Crippen LogP contribution is -2.28. The quantitative estimate of drug-likeness (QED) is 0.652. The Morgan fingerprint density at radius 3 is 2.59 bits per heavy atom. The number of para-hydroxylation sites is 1. The van der Waals surface area contributed by atoms with Crippen molar-refractivity contribution in [3.8, 4) is 11.8 Å². The number of benzene rings is 1. The lowest BCUT2D eigenvalue weighted by molar-refractivity contribution is -0.115. The van der Waals surface area contributed by atoms with Gasteiger partial charge in [-0.25, -0.2) is 0 Å². The number of carbonyl (C=O) groups is 1. The average Bonchev–Trinajstić information content (AvgIpc) is 2.30. The van der Waals surface area contributed by atoms with Gasteiger partial charge in [0.1, 0.15) is 0 Å². The van der Waals surface area contributed by atoms with Gasteiger partial charge >= 0.3 is 0 Å². The van der Waals surface area contributed by atoms with E-state index in [1.165, 1.54) is 0 Å². The summed E-state index contributed by atoms with van der Waals surface area (Å²) in [4.78, 5) is 11.5. The number of hydrogen-bond donors (Lipinski definition) is 2. The summed E-state index contributed by atoms with van der Waals surface area (Å²) in [7, 11) is 0. The zero-order chi connectivity index (χ0) is 12.7. The highest BCUT2D eigenvalue weighted by atomic mass is 35.5. The second kappa shape index (κ2) is 7.18. The van der Waals surface area contributed by atoms with Crippen molar-refractivity contribution in [3.05, 3.63) is 28.2 Å². The van der Waals surface area contributed by atoms with Crippen molar-refractivity contribution >= 4 is 34.8 Å². The maximum Gasteiger partial charge on any atom is 0.238 e. The highest BCUT2D eigenvalue weighted by Crippen LogP contribution is 2.29. The molecule has 1 aromatic carbocycles. The molecule has 0 aliphatic rings. The Balaban J connectivity index is 2.52. The van der Waals surface area contributed by atoms with Gasteiger partial charge in [0.2, 0.25) is 5.91 Å². The highest BCUT2D eigenvalue weighted by Gasteiger charge is 2.08. The minimum absolute atomic E-state index is 0.163. The summed E-state index contributed by atoms with van der Waals surface area (Å²) in [6.07, 6.45) is 0. The maximum absolute atomic E-state index is 11.5. The molecule has 0 aromatic heterocycles. The van der Waals surface area contributed by atoms with Gasteiger partial charge in [0.25, 0.3) is 0 Å². The topological polar surface area (TPSA) is 41.1 Å². The maximum atomic E-state index is 11.5. The molecule has 5 heteroatoms. The molecule has 0 aliphatic heterocycles. The SMILES string of the molecule is CC#CCNCC(=O)Nc1c(Cl)cccc1Cl. The summed E-state index contributed by atoms with van der Waals surface area (Å²) in [6.45, 7) is 2.38. The average molecular weight is 271 g/mol. The van der Waals surface area contributed by atoms with Crippen molar-refractivity contribution in [1.82, 2.24) is 5.32 Å². The minimum atomic E-state index is -0.210. The molecule has 1 aromatic rings. The molecule has 0 spiro atoms. The van der Waals surface area contributed by atoms with Gasteiger partial charge in [0, 0.05) is 0 Å². The van der Waals surface area contributed by atoms with Gasteiger partial charge in [-0.3, -0.25) is 10.1 Å². The number of amides is 1. The van der Waals surface area contributed by atoms with Crippen molar-refractivity contribution in [2.45, 2.75) is 6.92 Å². The first-order valence-corrected chi connectivity index (χ1v) is 5.75. The Labute approximate surface area is 110 Å². The first-order valence-electron chi connectivity index (χ1n) is 4.99. The lowest BCUT2D eigenvalue weighted by atomic mass is 10.3. The van der Waals surface area contributed by atoms with E-state index in [9.17, 15) is 4.79 Å². The second-order valence-corrected chi connectivity index (χ2v) is 3.99. The van der Waals surface area contributed by atoms with Crippen LogP contribution in [0.4, 0.5) is 5.69 Å². The smallest absolute Gasteiger partial charge is 0.238 e. The number of rotatable bonds is 4. The monoisotopic (exact) mass is 270 g/mol. The summed E-state index contributed by atoms with van der Waals surface area (Å²) in [6, 6.07) is 5.05. The summed E-state index contributed by atoms with van der Waals surface area (Å²) in [5, 5.41) is 6.35. The summed E-state index contributed by atoms with van der Waals surface area (Å²) in [5.74, 6) is 5.31. The van der Waals surface area contributed by atoms with E-state index in [-0.39, 0.29) is 12.5 Å². The van der Waals surface area contributed by atoms with Gasteiger partial charge in [0.05, 0.1) is 28.8 Å². The van der Waals surface area contributed by atoms with Crippen molar-refractivity contribution < 1.29 is 4.79 Å². The van der Waals surface area contributed by atoms with Crippen LogP contribution >= 0.6 is 23.2 Å². The van der Waals surface area contributed by atoms with Crippen LogP contribution in [0.3, 0.4) is 0 Å². The predicted octanol–water partition coefficient (Wildman–Crippen LogP) is 2.54. The van der Waals surface area contributed by atoms with Crippen LogP contribution in [0.2, 0.25) is 10.0 Å². The van der Waals surface area contributed by atoms with Crippen molar-refractivity contribution in [2.75, 3.05) is 18.4 Å². The highest BCUT2D eigenvalue weighted by molar-refractivity contribution is 6.39. The molecular formula is C12H12Cl2N2O. The Hall–Kier alpha value is -1.21. The lowest BCUT2D eigenvalue weighted by Gasteiger charge is -2.08. The zero-order valence-electron chi connectivity index (χ0n) is 9.31. The van der Waals surface area contributed by atoms with Gasteiger partial charge in [0.15, 0.2) is 0 Å². The van der Waals surface area contributed by atoms with E-state index in [1.807, 2.05) is 0 Å². The number of nitrogens with one attached hydrogen (secondary N) is 2. The van der Waals surface area contributed by atoms with Crippen LogP contribution in [0.1, 0.15) is 6.92 Å². The molecule has 17 heavy (non-hydrogen) atoms. The van der Waals surface area contributed by atoms with E-state index in [1.54, 1.807) is 25.1 Å². The van der Waals surface area contributed by atoms with Crippen LogP contribution in [0.25, 0.3) is 0 Å². The molecule has 1 rings (SSSR count). The van der Waals surface area contributed by atoms with E-state index in [2.05, 4.69) is 22.5 Å². The number of anilines is 1. The van der Waals surface area contributed by atoms with E-state index in [0.717, 1.165) is 0 Å². The Morgan fingerprint density at radius 1 is 1.35 bits per heavy atom. The predicted molar refractivity (Wildman–Crippen MR) is 71.4 cm³/mol. The fraction of sp³-hybridized carbons (Fsp3) is 0.250. The van der Waals surface area contributed by atoms with Gasteiger partial charge in [-0.1, -0.05) is 35.2 Å². The van der Waals surface area contributed by atoms with Crippen molar-refractivity contribution in [1.29, 1.82) is 0 Å². The second-order valence-electron chi connectivity index (χ2n) is 3.18. The van der Waals surface area contributed by atoms with Gasteiger partial charge < -0.3 is 5.32 Å². The van der Waals surface area contributed by atoms with Gasteiger partial charge in [-0.05, 0) is 19.1 Å². The molecule has 3 nitrogen and oxygen atoms in total. The fourth-order valence-electron chi connectivity index (χ4n) is 1.13. The van der Waals surface area contributed by atoms with E-state index < -0.39 is 0 Å². The molecule has 0 heterocycles. The molecule has 0 saturated heterocycles. The van der Waals surface area contributed by atoms with Crippen LogP contribution < -0.4 is 10.6 Å². The van der Waals surface area contributed by atoms with Crippen LogP contribution in [0.15, 0.2) is 18.2 Å². The third kappa shape index (κ3) is 4.66. The first kappa shape index (κ1) is 13.9. The number of carbonyl (C=O) groups excluding carboxylic acids is 1. The zero-order valence-corrected chi connectivity index (χ0v) is 10.8. The van der Waals surface area contributed by atoms with Gasteiger partial charge in [-0.15, -0.1) is 5.92 Å². The number of hydrogen-bond acceptors (Lipinski definition) is 2. The Kier molecular flexibility index (Phi) is 5.85. The van der Waals surface area contributed by atoms with Crippen LogP contribution in [-0.4, -0.2) is 19.0 Å². The van der Waals surface area contributed by atoms with Crippen LogP contribution in [-0.2, 0) is 4.79 Å². The molecule has 0 bridgehead atoms. The molecule has 90 valence electrons. The molecule has 0 saturated carbocycles. The molecule has 0 radical (unpaired) electrons. The van der Waals surface area contributed by atoms with Crippen molar-refractivity contribution in [3.63, 3.8) is 0 Å². The van der Waals surface area contributed by atoms with Crippen LogP contribution in [0.5, 0.6) is 0 Å².